The molecule has 0 aliphatic carbocycles. The number of guanidine groups is 1. The van der Waals surface area contributed by atoms with Gasteiger partial charge in [-0.1, -0.05) is 12.1 Å². The van der Waals surface area contributed by atoms with E-state index in [-0.39, 0.29) is 0 Å². The third kappa shape index (κ3) is 5.26. The lowest BCUT2D eigenvalue weighted by Gasteiger charge is -2.28. The standard InChI is InChI=1S/C21H31N5O/c1-4-22-21(25(3)17-20-6-5-11-24(20)2)23-16-18-7-9-19(10-8-18)26-12-14-27-15-13-26/h5-11H,4,12-17H2,1-3H3,(H,22,23). The molecule has 1 aromatic carbocycles. The molecule has 1 N–H and O–H groups in total. The summed E-state index contributed by atoms with van der Waals surface area (Å²) in [6.45, 7) is 8.00. The second-order valence-corrected chi connectivity index (χ2v) is 6.90. The Morgan fingerprint density at radius 1 is 1.19 bits per heavy atom. The summed E-state index contributed by atoms with van der Waals surface area (Å²) in [6, 6.07) is 12.9. The molecular weight excluding hydrogens is 338 g/mol. The molecule has 1 fully saturated rings. The minimum atomic E-state index is 0.670. The van der Waals surface area contributed by atoms with Crippen molar-refractivity contribution in [3.05, 3.63) is 53.9 Å². The monoisotopic (exact) mass is 369 g/mol. The summed E-state index contributed by atoms with van der Waals surface area (Å²) >= 11 is 0. The Hall–Kier alpha value is -2.47. The van der Waals surface area contributed by atoms with Crippen molar-refractivity contribution in [2.24, 2.45) is 12.0 Å². The normalized spacial score (nSPS) is 15.1. The number of aromatic nitrogens is 1. The highest BCUT2D eigenvalue weighted by molar-refractivity contribution is 5.79. The van der Waals surface area contributed by atoms with Gasteiger partial charge in [-0.3, -0.25) is 0 Å². The number of morpholine rings is 1. The average Bonchev–Trinajstić information content (AvgIpc) is 3.10. The summed E-state index contributed by atoms with van der Waals surface area (Å²) in [6.07, 6.45) is 2.07. The van der Waals surface area contributed by atoms with Crippen LogP contribution in [0.5, 0.6) is 0 Å². The van der Waals surface area contributed by atoms with Gasteiger partial charge in [-0.25, -0.2) is 4.99 Å². The first-order valence-corrected chi connectivity index (χ1v) is 9.68. The maximum Gasteiger partial charge on any atom is 0.194 e. The lowest BCUT2D eigenvalue weighted by Crippen LogP contribution is -2.38. The molecule has 0 bridgehead atoms. The van der Waals surface area contributed by atoms with E-state index in [4.69, 9.17) is 9.73 Å². The van der Waals surface area contributed by atoms with Crippen LogP contribution in [0, 0.1) is 0 Å². The molecule has 27 heavy (non-hydrogen) atoms. The van der Waals surface area contributed by atoms with E-state index in [0.29, 0.717) is 6.54 Å². The zero-order chi connectivity index (χ0) is 19.1. The molecular formula is C21H31N5O. The number of benzene rings is 1. The number of rotatable bonds is 6. The molecule has 1 aromatic heterocycles. The highest BCUT2D eigenvalue weighted by Gasteiger charge is 2.11. The number of ether oxygens (including phenoxy) is 1. The number of hydrogen-bond donors (Lipinski definition) is 1. The van der Waals surface area contributed by atoms with Gasteiger partial charge in [0, 0.05) is 51.3 Å². The summed E-state index contributed by atoms with van der Waals surface area (Å²) in [5.41, 5.74) is 3.74. The second-order valence-electron chi connectivity index (χ2n) is 6.90. The Morgan fingerprint density at radius 3 is 2.56 bits per heavy atom. The average molecular weight is 370 g/mol. The van der Waals surface area contributed by atoms with E-state index in [2.05, 4.69) is 83.3 Å². The van der Waals surface area contributed by atoms with E-state index in [9.17, 15) is 0 Å². The van der Waals surface area contributed by atoms with E-state index in [1.807, 2.05) is 0 Å². The first kappa shape index (κ1) is 19.3. The Morgan fingerprint density at radius 2 is 1.93 bits per heavy atom. The molecule has 146 valence electrons. The van der Waals surface area contributed by atoms with Gasteiger partial charge >= 0.3 is 0 Å². The van der Waals surface area contributed by atoms with E-state index in [1.54, 1.807) is 0 Å². The van der Waals surface area contributed by atoms with Crippen LogP contribution < -0.4 is 10.2 Å². The lowest BCUT2D eigenvalue weighted by atomic mass is 10.2. The van der Waals surface area contributed by atoms with Crippen molar-refractivity contribution in [2.45, 2.75) is 20.0 Å². The topological polar surface area (TPSA) is 45.0 Å². The Balaban J connectivity index is 1.62. The van der Waals surface area contributed by atoms with Gasteiger partial charge in [0.25, 0.3) is 0 Å². The minimum Gasteiger partial charge on any atom is -0.378 e. The van der Waals surface area contributed by atoms with Crippen LogP contribution in [-0.2, 0) is 24.9 Å². The maximum absolute atomic E-state index is 5.43. The van der Waals surface area contributed by atoms with Gasteiger partial charge in [0.2, 0.25) is 0 Å². The van der Waals surface area contributed by atoms with Crippen LogP contribution in [0.25, 0.3) is 0 Å². The molecule has 3 rings (SSSR count). The number of anilines is 1. The fourth-order valence-corrected chi connectivity index (χ4v) is 3.25. The molecule has 0 spiro atoms. The second kappa shape index (κ2) is 9.46. The Kier molecular flexibility index (Phi) is 6.76. The van der Waals surface area contributed by atoms with Gasteiger partial charge in [0.15, 0.2) is 5.96 Å². The molecule has 1 saturated heterocycles. The van der Waals surface area contributed by atoms with Crippen molar-refractivity contribution in [3.8, 4) is 0 Å². The predicted octanol–water partition coefficient (Wildman–Crippen LogP) is 2.46. The molecule has 1 aliphatic heterocycles. The highest BCUT2D eigenvalue weighted by atomic mass is 16.5. The van der Waals surface area contributed by atoms with Gasteiger partial charge in [-0.05, 0) is 36.8 Å². The molecule has 6 nitrogen and oxygen atoms in total. The van der Waals surface area contributed by atoms with Crippen LogP contribution in [-0.4, -0.2) is 55.3 Å². The van der Waals surface area contributed by atoms with Crippen LogP contribution in [0.3, 0.4) is 0 Å². The fourth-order valence-electron chi connectivity index (χ4n) is 3.25. The van der Waals surface area contributed by atoms with Crippen LogP contribution in [0.15, 0.2) is 47.6 Å². The molecule has 0 amide bonds. The van der Waals surface area contributed by atoms with Crippen molar-refractivity contribution < 1.29 is 4.74 Å². The minimum absolute atomic E-state index is 0.670. The van der Waals surface area contributed by atoms with Crippen LogP contribution in [0.4, 0.5) is 5.69 Å². The quantitative estimate of drug-likeness (QED) is 0.628. The van der Waals surface area contributed by atoms with Gasteiger partial charge in [-0.15, -0.1) is 0 Å². The van der Waals surface area contributed by atoms with Gasteiger partial charge in [-0.2, -0.15) is 0 Å². The smallest absolute Gasteiger partial charge is 0.194 e. The molecule has 0 atom stereocenters. The van der Waals surface area contributed by atoms with Gasteiger partial charge in [0.1, 0.15) is 0 Å². The van der Waals surface area contributed by atoms with Crippen LogP contribution >= 0.6 is 0 Å². The maximum atomic E-state index is 5.43. The number of hydrogen-bond acceptors (Lipinski definition) is 3. The summed E-state index contributed by atoms with van der Waals surface area (Å²) < 4.78 is 7.57. The van der Waals surface area contributed by atoms with E-state index in [1.165, 1.54) is 16.9 Å². The van der Waals surface area contributed by atoms with E-state index in [0.717, 1.165) is 45.4 Å². The Bertz CT molecular complexity index is 731. The van der Waals surface area contributed by atoms with Crippen molar-refractivity contribution >= 4 is 11.6 Å². The summed E-state index contributed by atoms with van der Waals surface area (Å²) in [5, 5.41) is 3.39. The third-order valence-electron chi connectivity index (χ3n) is 4.87. The number of aliphatic imine (C=N–C) groups is 1. The van der Waals surface area contributed by atoms with Crippen molar-refractivity contribution in [3.63, 3.8) is 0 Å². The summed E-state index contributed by atoms with van der Waals surface area (Å²) in [5.74, 6) is 0.927. The SMILES string of the molecule is CCNC(=NCc1ccc(N2CCOCC2)cc1)N(C)Cc1cccn1C. The zero-order valence-corrected chi connectivity index (χ0v) is 16.7. The third-order valence-corrected chi connectivity index (χ3v) is 4.87. The molecule has 1 aliphatic rings. The van der Waals surface area contributed by atoms with Crippen LogP contribution in [0.1, 0.15) is 18.2 Å². The fraction of sp³-hybridized carbons (Fsp3) is 0.476. The van der Waals surface area contributed by atoms with Crippen molar-refractivity contribution in [2.75, 3.05) is 44.8 Å². The molecule has 2 heterocycles. The van der Waals surface area contributed by atoms with Gasteiger partial charge < -0.3 is 24.4 Å². The van der Waals surface area contributed by atoms with E-state index >= 15 is 0 Å². The van der Waals surface area contributed by atoms with Crippen LogP contribution in [0.2, 0.25) is 0 Å². The summed E-state index contributed by atoms with van der Waals surface area (Å²) in [7, 11) is 4.15. The van der Waals surface area contributed by atoms with E-state index < -0.39 is 0 Å². The predicted molar refractivity (Wildman–Crippen MR) is 111 cm³/mol. The molecule has 0 radical (unpaired) electrons. The lowest BCUT2D eigenvalue weighted by molar-refractivity contribution is 0.122. The van der Waals surface area contributed by atoms with Gasteiger partial charge in [0.05, 0.1) is 26.3 Å². The van der Waals surface area contributed by atoms with Crippen molar-refractivity contribution in [1.82, 2.24) is 14.8 Å². The number of nitrogens with one attached hydrogen (secondary N) is 1. The van der Waals surface area contributed by atoms with Crippen molar-refractivity contribution in [1.29, 1.82) is 0 Å². The Labute approximate surface area is 162 Å². The molecule has 6 heteroatoms. The molecule has 0 saturated carbocycles. The number of nitrogens with zero attached hydrogens (tertiary/aromatic N) is 4. The largest absolute Gasteiger partial charge is 0.378 e. The first-order chi connectivity index (χ1) is 13.2. The molecule has 0 unspecified atom stereocenters. The first-order valence-electron chi connectivity index (χ1n) is 9.68. The number of aryl methyl sites for hydroxylation is 1. The molecule has 2 aromatic rings. The highest BCUT2D eigenvalue weighted by Crippen LogP contribution is 2.17. The summed E-state index contributed by atoms with van der Waals surface area (Å²) in [4.78, 5) is 9.36. The zero-order valence-electron chi connectivity index (χ0n) is 16.7.